The zero-order valence-corrected chi connectivity index (χ0v) is 18.8. The normalized spacial score (nSPS) is 23.6. The molecule has 3 heterocycles. The van der Waals surface area contributed by atoms with Crippen molar-refractivity contribution in [3.05, 3.63) is 58.9 Å². The van der Waals surface area contributed by atoms with Gasteiger partial charge in [0, 0.05) is 17.5 Å². The number of fused-ring (bicyclic) bond motifs is 2. The third-order valence-corrected chi connectivity index (χ3v) is 7.00. The number of nitrogens with one attached hydrogen (secondary N) is 1. The van der Waals surface area contributed by atoms with E-state index in [-0.39, 0.29) is 37.1 Å². The summed E-state index contributed by atoms with van der Waals surface area (Å²) in [5, 5.41) is 7.65. The molecule has 1 aromatic heterocycles. The molecule has 2 fully saturated rings. The van der Waals surface area contributed by atoms with Crippen LogP contribution in [0.5, 0.6) is 11.5 Å². The quantitative estimate of drug-likeness (QED) is 0.598. The van der Waals surface area contributed by atoms with Crippen LogP contribution in [0.3, 0.4) is 0 Å². The number of carbonyl (C=O) groups is 2. The number of ether oxygens (including phenoxy) is 2. The Labute approximate surface area is 200 Å². The summed E-state index contributed by atoms with van der Waals surface area (Å²) in [7, 11) is 0. The van der Waals surface area contributed by atoms with Crippen LogP contribution >= 0.6 is 11.6 Å². The fourth-order valence-electron chi connectivity index (χ4n) is 4.91. The number of halogens is 1. The van der Waals surface area contributed by atoms with Crippen molar-refractivity contribution in [2.75, 3.05) is 6.79 Å². The minimum Gasteiger partial charge on any atom is -0.454 e. The van der Waals surface area contributed by atoms with Crippen molar-refractivity contribution in [3.63, 3.8) is 0 Å². The number of aromatic nitrogens is 2. The minimum atomic E-state index is -0.396. The lowest BCUT2D eigenvalue weighted by molar-refractivity contribution is -0.137. The van der Waals surface area contributed by atoms with Gasteiger partial charge in [-0.1, -0.05) is 35.0 Å². The summed E-state index contributed by atoms with van der Waals surface area (Å²) in [5.41, 5.74) is 1.51. The minimum absolute atomic E-state index is 0.0431. The van der Waals surface area contributed by atoms with Gasteiger partial charge < -0.3 is 19.3 Å². The molecule has 0 bridgehead atoms. The van der Waals surface area contributed by atoms with Crippen LogP contribution in [0.2, 0.25) is 5.02 Å². The fraction of sp³-hybridized carbons (Fsp3) is 0.333. The zero-order valence-electron chi connectivity index (χ0n) is 18.1. The second-order valence-corrected chi connectivity index (χ2v) is 9.13. The highest BCUT2D eigenvalue weighted by molar-refractivity contribution is 6.33. The van der Waals surface area contributed by atoms with E-state index in [1.807, 2.05) is 24.3 Å². The van der Waals surface area contributed by atoms with Gasteiger partial charge in [-0.3, -0.25) is 9.69 Å². The molecule has 9 nitrogen and oxygen atoms in total. The van der Waals surface area contributed by atoms with Crippen LogP contribution in [0.15, 0.2) is 47.0 Å². The first-order chi connectivity index (χ1) is 16.6. The van der Waals surface area contributed by atoms with Gasteiger partial charge in [0.1, 0.15) is 0 Å². The lowest BCUT2D eigenvalue weighted by Gasteiger charge is -2.41. The number of nitrogens with zero attached hydrogens (tertiary/aromatic N) is 3. The van der Waals surface area contributed by atoms with E-state index in [4.69, 9.17) is 25.6 Å². The summed E-state index contributed by atoms with van der Waals surface area (Å²) in [6, 6.07) is 12.1. The topological polar surface area (TPSA) is 107 Å². The predicted molar refractivity (Wildman–Crippen MR) is 120 cm³/mol. The number of amides is 3. The van der Waals surface area contributed by atoms with Crippen molar-refractivity contribution in [1.29, 1.82) is 0 Å². The second-order valence-electron chi connectivity index (χ2n) is 8.72. The number of hydrogen-bond donors (Lipinski definition) is 1. The highest BCUT2D eigenvalue weighted by Gasteiger charge is 2.45. The fourth-order valence-corrected chi connectivity index (χ4v) is 5.13. The molecule has 1 saturated carbocycles. The summed E-state index contributed by atoms with van der Waals surface area (Å²) >= 11 is 6.25. The monoisotopic (exact) mass is 480 g/mol. The molecule has 34 heavy (non-hydrogen) atoms. The Kier molecular flexibility index (Phi) is 5.13. The number of carbonyl (C=O) groups excluding carboxylic acids is 2. The van der Waals surface area contributed by atoms with Crippen LogP contribution in [-0.4, -0.2) is 39.8 Å². The molecule has 1 saturated heterocycles. The van der Waals surface area contributed by atoms with Gasteiger partial charge in [-0.25, -0.2) is 4.79 Å². The third kappa shape index (κ3) is 3.66. The Balaban J connectivity index is 1.15. The molecule has 3 unspecified atom stereocenters. The van der Waals surface area contributed by atoms with E-state index in [0.29, 0.717) is 53.1 Å². The Bertz CT molecular complexity index is 1280. The molecule has 1 aliphatic carbocycles. The largest absolute Gasteiger partial charge is 0.454 e. The van der Waals surface area contributed by atoms with Gasteiger partial charge in [0.2, 0.25) is 24.4 Å². The van der Waals surface area contributed by atoms with Crippen molar-refractivity contribution >= 4 is 23.5 Å². The maximum atomic E-state index is 13.2. The van der Waals surface area contributed by atoms with Crippen molar-refractivity contribution < 1.29 is 23.6 Å². The average Bonchev–Trinajstić information content (AvgIpc) is 3.51. The first kappa shape index (κ1) is 21.0. The first-order valence-electron chi connectivity index (χ1n) is 11.2. The molecule has 10 heteroatoms. The molecule has 0 spiro atoms. The molecule has 3 atom stereocenters. The smallest absolute Gasteiger partial charge is 0.324 e. The summed E-state index contributed by atoms with van der Waals surface area (Å²) in [4.78, 5) is 31.9. The van der Waals surface area contributed by atoms with Gasteiger partial charge in [-0.15, -0.1) is 0 Å². The van der Waals surface area contributed by atoms with Crippen LogP contribution in [0.25, 0.3) is 11.4 Å². The second kappa shape index (κ2) is 8.32. The van der Waals surface area contributed by atoms with Gasteiger partial charge >= 0.3 is 6.03 Å². The van der Waals surface area contributed by atoms with Gasteiger partial charge in [0.15, 0.2) is 11.5 Å². The van der Waals surface area contributed by atoms with E-state index >= 15 is 0 Å². The Hall–Kier alpha value is -3.59. The van der Waals surface area contributed by atoms with Crippen molar-refractivity contribution in [2.24, 2.45) is 5.92 Å². The van der Waals surface area contributed by atoms with Crippen molar-refractivity contribution in [1.82, 2.24) is 20.4 Å². The standard InChI is InChI=1S/C24H21ClN4O5/c25-17-4-2-1-3-15(17)21-27-22(34-28-21)14-6-7-16-18(10-14)26-24(31)29(23(16)30)11-13-5-8-19-20(9-13)33-12-32-19/h1-5,8-9,14,16,18H,6-7,10-12H2,(H,26,31). The van der Waals surface area contributed by atoms with Gasteiger partial charge in [0.25, 0.3) is 0 Å². The van der Waals surface area contributed by atoms with Crippen LogP contribution in [-0.2, 0) is 11.3 Å². The highest BCUT2D eigenvalue weighted by Crippen LogP contribution is 2.39. The molecular formula is C24H21ClN4O5. The molecule has 3 amide bonds. The highest BCUT2D eigenvalue weighted by atomic mass is 35.5. The molecule has 0 radical (unpaired) electrons. The Morgan fingerprint density at radius 1 is 1.09 bits per heavy atom. The van der Waals surface area contributed by atoms with Crippen molar-refractivity contribution in [3.8, 4) is 22.9 Å². The van der Waals surface area contributed by atoms with Gasteiger partial charge in [-0.05, 0) is 49.1 Å². The average molecular weight is 481 g/mol. The summed E-state index contributed by atoms with van der Waals surface area (Å²) < 4.78 is 16.3. The molecule has 2 aliphatic heterocycles. The molecule has 6 rings (SSSR count). The van der Waals surface area contributed by atoms with Crippen LogP contribution in [0.1, 0.15) is 36.6 Å². The molecule has 174 valence electrons. The van der Waals surface area contributed by atoms with Crippen molar-refractivity contribution in [2.45, 2.75) is 37.8 Å². The first-order valence-corrected chi connectivity index (χ1v) is 11.5. The lowest BCUT2D eigenvalue weighted by atomic mass is 9.76. The summed E-state index contributed by atoms with van der Waals surface area (Å²) in [5.74, 6) is 1.73. The maximum absolute atomic E-state index is 13.2. The van der Waals surface area contributed by atoms with E-state index in [2.05, 4.69) is 15.5 Å². The van der Waals surface area contributed by atoms with Crippen LogP contribution in [0.4, 0.5) is 4.79 Å². The number of benzene rings is 2. The van der Waals surface area contributed by atoms with Gasteiger partial charge in [-0.2, -0.15) is 4.98 Å². The molecule has 3 aliphatic rings. The maximum Gasteiger partial charge on any atom is 0.324 e. The van der Waals surface area contributed by atoms with E-state index in [9.17, 15) is 9.59 Å². The molecular weight excluding hydrogens is 460 g/mol. The van der Waals surface area contributed by atoms with E-state index in [1.165, 1.54) is 4.90 Å². The van der Waals surface area contributed by atoms with E-state index < -0.39 is 6.03 Å². The molecule has 2 aromatic carbocycles. The molecule has 3 aromatic rings. The van der Waals surface area contributed by atoms with Gasteiger partial charge in [0.05, 0.1) is 17.5 Å². The third-order valence-electron chi connectivity index (χ3n) is 6.67. The number of urea groups is 1. The summed E-state index contributed by atoms with van der Waals surface area (Å²) in [6.07, 6.45) is 1.89. The van der Waals surface area contributed by atoms with Crippen LogP contribution < -0.4 is 14.8 Å². The van der Waals surface area contributed by atoms with E-state index in [0.717, 1.165) is 5.56 Å². The lowest BCUT2D eigenvalue weighted by Crippen LogP contribution is -2.60. The summed E-state index contributed by atoms with van der Waals surface area (Å²) in [6.45, 7) is 0.353. The predicted octanol–water partition coefficient (Wildman–Crippen LogP) is 4.12. The number of rotatable bonds is 4. The Morgan fingerprint density at radius 3 is 2.82 bits per heavy atom. The van der Waals surface area contributed by atoms with Crippen LogP contribution in [0, 0.1) is 5.92 Å². The number of imide groups is 1. The zero-order chi connectivity index (χ0) is 23.2. The molecule has 1 N–H and O–H groups in total. The van der Waals surface area contributed by atoms with E-state index in [1.54, 1.807) is 18.2 Å². The number of hydrogen-bond acceptors (Lipinski definition) is 7. The SMILES string of the molecule is O=C1NC2CC(c3nc(-c4ccccc4Cl)no3)CCC2C(=O)N1Cc1ccc2c(c1)OCO2. The Morgan fingerprint density at radius 2 is 1.94 bits per heavy atom.